The Morgan fingerprint density at radius 3 is 2.34 bits per heavy atom. The van der Waals surface area contributed by atoms with Crippen molar-refractivity contribution in [1.82, 2.24) is 5.43 Å². The molecule has 3 aromatic carbocycles. The van der Waals surface area contributed by atoms with Crippen LogP contribution < -0.4 is 15.2 Å². The molecular formula is C25H17BrN2O4. The number of amides is 2. The predicted molar refractivity (Wildman–Crippen MR) is 125 cm³/mol. The minimum absolute atomic E-state index is 0.0657. The summed E-state index contributed by atoms with van der Waals surface area (Å²) in [6, 6.07) is 23.1. The Balaban J connectivity index is 1.59. The van der Waals surface area contributed by atoms with Crippen LogP contribution in [0.5, 0.6) is 5.75 Å². The fourth-order valence-electron chi connectivity index (χ4n) is 3.07. The molecule has 0 aliphatic carbocycles. The maximum atomic E-state index is 12.8. The number of anilines is 1. The van der Waals surface area contributed by atoms with E-state index in [9.17, 15) is 14.4 Å². The van der Waals surface area contributed by atoms with Crippen molar-refractivity contribution in [3.05, 3.63) is 106 Å². The summed E-state index contributed by atoms with van der Waals surface area (Å²) >= 11 is 3.37. The molecule has 6 nitrogen and oxygen atoms in total. The van der Waals surface area contributed by atoms with Gasteiger partial charge in [-0.15, -0.1) is 0 Å². The van der Waals surface area contributed by atoms with E-state index in [1.165, 1.54) is 17.2 Å². The number of hydrogen-bond acceptors (Lipinski definition) is 4. The van der Waals surface area contributed by atoms with Gasteiger partial charge in [0.15, 0.2) is 0 Å². The molecule has 1 saturated heterocycles. The molecule has 32 heavy (non-hydrogen) atoms. The van der Waals surface area contributed by atoms with Crippen molar-refractivity contribution < 1.29 is 19.1 Å². The van der Waals surface area contributed by atoms with Gasteiger partial charge in [0.1, 0.15) is 11.3 Å². The lowest BCUT2D eigenvalue weighted by Crippen LogP contribution is -2.35. The Bertz CT molecular complexity index is 1240. The number of rotatable bonds is 5. The average Bonchev–Trinajstić information content (AvgIpc) is 3.09. The van der Waals surface area contributed by atoms with Gasteiger partial charge in [0.25, 0.3) is 11.8 Å². The zero-order valence-electron chi connectivity index (χ0n) is 16.7. The number of esters is 1. The molecule has 4 rings (SSSR count). The molecule has 0 saturated carbocycles. The van der Waals surface area contributed by atoms with E-state index in [2.05, 4.69) is 21.4 Å². The number of nitrogens with one attached hydrogen (secondary N) is 1. The smallest absolute Gasteiger partial charge is 0.336 e. The minimum Gasteiger partial charge on any atom is -0.423 e. The minimum atomic E-state index is -0.580. The quantitative estimate of drug-likeness (QED) is 0.247. The second-order valence-corrected chi connectivity index (χ2v) is 7.74. The van der Waals surface area contributed by atoms with Gasteiger partial charge in [-0.05, 0) is 48.0 Å². The van der Waals surface area contributed by atoms with Crippen LogP contribution in [0.15, 0.2) is 95.0 Å². The van der Waals surface area contributed by atoms with E-state index in [1.54, 1.807) is 48.5 Å². The molecule has 7 heteroatoms. The first-order valence-electron chi connectivity index (χ1n) is 9.68. The van der Waals surface area contributed by atoms with Gasteiger partial charge in [0.2, 0.25) is 0 Å². The molecule has 1 heterocycles. The molecule has 1 N–H and O–H groups in total. The Labute approximate surface area is 192 Å². The maximum Gasteiger partial charge on any atom is 0.336 e. The fourth-order valence-corrected chi connectivity index (χ4v) is 3.45. The largest absolute Gasteiger partial charge is 0.423 e. The van der Waals surface area contributed by atoms with Crippen LogP contribution in [-0.2, 0) is 14.4 Å². The van der Waals surface area contributed by atoms with Gasteiger partial charge in [0.05, 0.1) is 5.69 Å². The molecule has 0 unspecified atom stereocenters. The number of hydrogen-bond donors (Lipinski definition) is 1. The zero-order valence-corrected chi connectivity index (χ0v) is 18.3. The first kappa shape index (κ1) is 21.3. The molecule has 158 valence electrons. The summed E-state index contributed by atoms with van der Waals surface area (Å²) in [6.45, 7) is 0. The number of halogens is 1. The highest BCUT2D eigenvalue weighted by Gasteiger charge is 2.34. The number of hydrazine groups is 1. The van der Waals surface area contributed by atoms with Crippen molar-refractivity contribution >= 4 is 51.6 Å². The highest BCUT2D eigenvalue weighted by Crippen LogP contribution is 2.28. The Morgan fingerprint density at radius 1 is 0.938 bits per heavy atom. The number of para-hydroxylation sites is 1. The number of benzene rings is 3. The summed E-state index contributed by atoms with van der Waals surface area (Å²) in [7, 11) is 0. The summed E-state index contributed by atoms with van der Waals surface area (Å²) in [5, 5.41) is 1.18. The number of carbonyl (C=O) groups excluding carboxylic acids is 3. The molecular weight excluding hydrogens is 472 g/mol. The molecule has 1 aliphatic heterocycles. The third-order valence-electron chi connectivity index (χ3n) is 4.60. The van der Waals surface area contributed by atoms with Crippen LogP contribution in [0, 0.1) is 0 Å². The van der Waals surface area contributed by atoms with Crippen molar-refractivity contribution in [2.75, 3.05) is 5.01 Å². The van der Waals surface area contributed by atoms with Crippen molar-refractivity contribution in [2.45, 2.75) is 0 Å². The summed E-state index contributed by atoms with van der Waals surface area (Å²) in [6.07, 6.45) is 4.37. The van der Waals surface area contributed by atoms with Crippen molar-refractivity contribution in [2.24, 2.45) is 0 Å². The number of ether oxygens (including phenoxy) is 1. The highest BCUT2D eigenvalue weighted by molar-refractivity contribution is 9.10. The van der Waals surface area contributed by atoms with Crippen LogP contribution >= 0.6 is 15.9 Å². The molecule has 3 aromatic rings. The summed E-state index contributed by atoms with van der Waals surface area (Å²) in [4.78, 5) is 37.7. The number of carbonyl (C=O) groups is 3. The molecule has 0 bridgehead atoms. The maximum absolute atomic E-state index is 12.8. The van der Waals surface area contributed by atoms with Crippen LogP contribution in [0.3, 0.4) is 0 Å². The monoisotopic (exact) mass is 488 g/mol. The van der Waals surface area contributed by atoms with E-state index in [1.807, 2.05) is 36.4 Å². The fraction of sp³-hybridized carbons (Fsp3) is 0. The van der Waals surface area contributed by atoms with Gasteiger partial charge in [-0.25, -0.2) is 9.80 Å². The van der Waals surface area contributed by atoms with Gasteiger partial charge >= 0.3 is 5.97 Å². The first-order valence-corrected chi connectivity index (χ1v) is 10.5. The molecule has 0 radical (unpaired) electrons. The lowest BCUT2D eigenvalue weighted by atomic mass is 10.1. The molecule has 1 aliphatic rings. The van der Waals surface area contributed by atoms with Gasteiger partial charge < -0.3 is 4.74 Å². The Morgan fingerprint density at radius 2 is 1.62 bits per heavy atom. The van der Waals surface area contributed by atoms with Gasteiger partial charge in [-0.1, -0.05) is 64.5 Å². The molecule has 0 aromatic heterocycles. The second-order valence-electron chi connectivity index (χ2n) is 6.82. The lowest BCUT2D eigenvalue weighted by molar-refractivity contribution is -0.129. The van der Waals surface area contributed by atoms with E-state index >= 15 is 0 Å². The van der Waals surface area contributed by atoms with Crippen molar-refractivity contribution in [1.29, 1.82) is 0 Å². The standard InChI is InChI=1S/C25H17BrN2O4/c26-19-12-13-22(32-23(29)14-11-17-7-3-1-4-8-17)18(15-19)16-21-24(30)27-28(25(21)31)20-9-5-2-6-10-20/h1-16H,(H,27,30)/b14-11+,21-16+. The van der Waals surface area contributed by atoms with Crippen molar-refractivity contribution in [3.63, 3.8) is 0 Å². The van der Waals surface area contributed by atoms with Crippen LogP contribution in [-0.4, -0.2) is 17.8 Å². The lowest BCUT2D eigenvalue weighted by Gasteiger charge is -2.13. The molecule has 2 amide bonds. The third-order valence-corrected chi connectivity index (χ3v) is 5.09. The Kier molecular flexibility index (Phi) is 6.28. The topological polar surface area (TPSA) is 75.7 Å². The Hall–Kier alpha value is -3.97. The average molecular weight is 489 g/mol. The van der Waals surface area contributed by atoms with E-state index in [4.69, 9.17) is 4.74 Å². The van der Waals surface area contributed by atoms with E-state index in [0.717, 1.165) is 5.56 Å². The van der Waals surface area contributed by atoms with Crippen molar-refractivity contribution in [3.8, 4) is 5.75 Å². The van der Waals surface area contributed by atoms with Crippen LogP contribution in [0.25, 0.3) is 12.2 Å². The van der Waals surface area contributed by atoms with E-state index < -0.39 is 17.8 Å². The van der Waals surface area contributed by atoms with Crippen LogP contribution in [0.2, 0.25) is 0 Å². The van der Waals surface area contributed by atoms with Gasteiger partial charge in [0, 0.05) is 16.1 Å². The third kappa shape index (κ3) is 4.84. The molecule has 0 atom stereocenters. The van der Waals surface area contributed by atoms with E-state index in [0.29, 0.717) is 15.7 Å². The second kappa shape index (κ2) is 9.45. The zero-order chi connectivity index (χ0) is 22.5. The number of nitrogens with zero attached hydrogens (tertiary/aromatic N) is 1. The molecule has 0 spiro atoms. The SMILES string of the molecule is O=C(/C=C/c1ccccc1)Oc1ccc(Br)cc1/C=C1\C(=O)NN(c2ccccc2)C1=O. The summed E-state index contributed by atoms with van der Waals surface area (Å²) in [5.74, 6) is -1.39. The van der Waals surface area contributed by atoms with Crippen LogP contribution in [0.1, 0.15) is 11.1 Å². The van der Waals surface area contributed by atoms with Gasteiger partial charge in [-0.3, -0.25) is 15.0 Å². The van der Waals surface area contributed by atoms with Gasteiger partial charge in [-0.2, -0.15) is 0 Å². The van der Waals surface area contributed by atoms with Crippen LogP contribution in [0.4, 0.5) is 5.69 Å². The predicted octanol–water partition coefficient (Wildman–Crippen LogP) is 4.53. The first-order chi connectivity index (χ1) is 15.5. The summed E-state index contributed by atoms with van der Waals surface area (Å²) in [5.41, 5.74) is 4.30. The molecule has 1 fully saturated rings. The summed E-state index contributed by atoms with van der Waals surface area (Å²) < 4.78 is 6.17. The van der Waals surface area contributed by atoms with E-state index in [-0.39, 0.29) is 11.3 Å². The highest BCUT2D eigenvalue weighted by atomic mass is 79.9. The normalized spacial score (nSPS) is 14.8.